The molecule has 1 aliphatic rings. The molecule has 0 radical (unpaired) electrons. The van der Waals surface area contributed by atoms with Crippen molar-refractivity contribution in [3.05, 3.63) is 70.1 Å². The molecule has 0 N–H and O–H groups in total. The summed E-state index contributed by atoms with van der Waals surface area (Å²) in [5.41, 5.74) is 2.59. The SMILES string of the molecule is CCOc1ccc2oc(=O)cc(CN3CCN(Cc4ccc(OC)cc4)CC3)c2c1. The molecule has 3 aromatic rings. The summed E-state index contributed by atoms with van der Waals surface area (Å²) in [6, 6.07) is 15.5. The second-order valence-electron chi connectivity index (χ2n) is 7.58. The zero-order chi connectivity index (χ0) is 20.9. The van der Waals surface area contributed by atoms with Crippen LogP contribution in [0.5, 0.6) is 11.5 Å². The van der Waals surface area contributed by atoms with Gasteiger partial charge in [-0.25, -0.2) is 4.79 Å². The van der Waals surface area contributed by atoms with E-state index in [1.807, 2.05) is 37.3 Å². The van der Waals surface area contributed by atoms with Gasteiger partial charge in [0.05, 0.1) is 13.7 Å². The molecule has 0 spiro atoms. The average molecular weight is 408 g/mol. The van der Waals surface area contributed by atoms with Crippen LogP contribution in [0, 0.1) is 0 Å². The van der Waals surface area contributed by atoms with Crippen LogP contribution in [0.25, 0.3) is 11.0 Å². The van der Waals surface area contributed by atoms with Crippen molar-refractivity contribution in [2.75, 3.05) is 39.9 Å². The van der Waals surface area contributed by atoms with Crippen LogP contribution in [0.1, 0.15) is 18.1 Å². The molecule has 1 aromatic heterocycles. The summed E-state index contributed by atoms with van der Waals surface area (Å²) in [6.45, 7) is 8.15. The van der Waals surface area contributed by atoms with Gasteiger partial charge in [0.1, 0.15) is 17.1 Å². The number of ether oxygens (including phenoxy) is 2. The number of piperazine rings is 1. The van der Waals surface area contributed by atoms with E-state index in [4.69, 9.17) is 13.9 Å². The minimum atomic E-state index is -0.306. The van der Waals surface area contributed by atoms with Gasteiger partial charge >= 0.3 is 5.63 Å². The summed E-state index contributed by atoms with van der Waals surface area (Å²) in [5.74, 6) is 1.68. The standard InChI is InChI=1S/C24H28N2O4/c1-3-29-21-8-9-23-22(15-21)19(14-24(27)30-23)17-26-12-10-25(11-13-26)16-18-4-6-20(28-2)7-5-18/h4-9,14-15H,3,10-13,16-17H2,1-2H3. The topological polar surface area (TPSA) is 55.2 Å². The van der Waals surface area contributed by atoms with Gasteiger partial charge in [-0.2, -0.15) is 0 Å². The van der Waals surface area contributed by atoms with Crippen LogP contribution >= 0.6 is 0 Å². The van der Waals surface area contributed by atoms with Crippen LogP contribution in [-0.4, -0.2) is 49.7 Å². The van der Waals surface area contributed by atoms with E-state index in [-0.39, 0.29) is 5.63 Å². The zero-order valence-corrected chi connectivity index (χ0v) is 17.6. The number of hydrogen-bond donors (Lipinski definition) is 0. The summed E-state index contributed by atoms with van der Waals surface area (Å²) in [4.78, 5) is 16.9. The first-order chi connectivity index (χ1) is 14.6. The van der Waals surface area contributed by atoms with Crippen molar-refractivity contribution in [2.45, 2.75) is 20.0 Å². The Labute approximate surface area is 176 Å². The lowest BCUT2D eigenvalue weighted by Crippen LogP contribution is -2.45. The zero-order valence-electron chi connectivity index (χ0n) is 17.6. The van der Waals surface area contributed by atoms with E-state index in [1.165, 1.54) is 5.56 Å². The van der Waals surface area contributed by atoms with E-state index in [0.29, 0.717) is 12.2 Å². The molecule has 2 aromatic carbocycles. The number of benzene rings is 2. The molecule has 30 heavy (non-hydrogen) atoms. The van der Waals surface area contributed by atoms with E-state index in [0.717, 1.165) is 61.7 Å². The van der Waals surface area contributed by atoms with Gasteiger partial charge in [0.2, 0.25) is 0 Å². The Bertz CT molecular complexity index is 1040. The van der Waals surface area contributed by atoms with Gasteiger partial charge < -0.3 is 13.9 Å². The normalized spacial score (nSPS) is 15.4. The third-order valence-electron chi connectivity index (χ3n) is 5.53. The van der Waals surface area contributed by atoms with Crippen LogP contribution in [0.4, 0.5) is 0 Å². The molecule has 0 amide bonds. The monoisotopic (exact) mass is 408 g/mol. The second kappa shape index (κ2) is 9.32. The number of methoxy groups -OCH3 is 1. The quantitative estimate of drug-likeness (QED) is 0.558. The van der Waals surface area contributed by atoms with E-state index < -0.39 is 0 Å². The predicted octanol–water partition coefficient (Wildman–Crippen LogP) is 3.52. The second-order valence-corrected chi connectivity index (χ2v) is 7.58. The molecule has 2 heterocycles. The Morgan fingerprint density at radius 2 is 1.57 bits per heavy atom. The minimum absolute atomic E-state index is 0.306. The fourth-order valence-corrected chi connectivity index (χ4v) is 3.93. The number of hydrogen-bond acceptors (Lipinski definition) is 6. The van der Waals surface area contributed by atoms with Crippen LogP contribution in [0.3, 0.4) is 0 Å². The van der Waals surface area contributed by atoms with Crippen molar-refractivity contribution in [2.24, 2.45) is 0 Å². The fourth-order valence-electron chi connectivity index (χ4n) is 3.93. The van der Waals surface area contributed by atoms with E-state index in [1.54, 1.807) is 13.2 Å². The summed E-state index contributed by atoms with van der Waals surface area (Å²) < 4.78 is 16.2. The summed E-state index contributed by atoms with van der Waals surface area (Å²) in [5, 5.41) is 0.946. The van der Waals surface area contributed by atoms with Gasteiger partial charge in [0.15, 0.2) is 0 Å². The highest BCUT2D eigenvalue weighted by Crippen LogP contribution is 2.24. The fraction of sp³-hybridized carbons (Fsp3) is 0.375. The molecular weight excluding hydrogens is 380 g/mol. The van der Waals surface area contributed by atoms with Crippen LogP contribution in [-0.2, 0) is 13.1 Å². The highest BCUT2D eigenvalue weighted by Gasteiger charge is 2.19. The number of rotatable bonds is 7. The van der Waals surface area contributed by atoms with E-state index >= 15 is 0 Å². The molecule has 6 heteroatoms. The molecule has 0 aliphatic carbocycles. The predicted molar refractivity (Wildman–Crippen MR) is 117 cm³/mol. The van der Waals surface area contributed by atoms with E-state index in [9.17, 15) is 4.79 Å². The Morgan fingerprint density at radius 3 is 2.23 bits per heavy atom. The lowest BCUT2D eigenvalue weighted by Gasteiger charge is -2.34. The molecule has 0 bridgehead atoms. The molecule has 1 saturated heterocycles. The lowest BCUT2D eigenvalue weighted by atomic mass is 10.1. The van der Waals surface area contributed by atoms with Crippen LogP contribution in [0.15, 0.2) is 57.7 Å². The molecule has 1 aliphatic heterocycles. The maximum Gasteiger partial charge on any atom is 0.336 e. The molecule has 1 fully saturated rings. The Hall–Kier alpha value is -2.83. The van der Waals surface area contributed by atoms with Gasteiger partial charge in [-0.3, -0.25) is 9.80 Å². The third-order valence-corrected chi connectivity index (χ3v) is 5.53. The molecule has 6 nitrogen and oxygen atoms in total. The highest BCUT2D eigenvalue weighted by molar-refractivity contribution is 5.81. The van der Waals surface area contributed by atoms with Crippen molar-refractivity contribution in [3.63, 3.8) is 0 Å². The van der Waals surface area contributed by atoms with Gasteiger partial charge in [0.25, 0.3) is 0 Å². The van der Waals surface area contributed by atoms with Gasteiger partial charge in [-0.15, -0.1) is 0 Å². The van der Waals surface area contributed by atoms with Crippen molar-refractivity contribution in [1.82, 2.24) is 9.80 Å². The number of fused-ring (bicyclic) bond motifs is 1. The van der Waals surface area contributed by atoms with E-state index in [2.05, 4.69) is 21.9 Å². The largest absolute Gasteiger partial charge is 0.497 e. The van der Waals surface area contributed by atoms with Gasteiger partial charge in [-0.05, 0) is 48.4 Å². The van der Waals surface area contributed by atoms with Gasteiger partial charge in [0, 0.05) is 50.7 Å². The summed E-state index contributed by atoms with van der Waals surface area (Å²) in [7, 11) is 1.69. The average Bonchev–Trinajstić information content (AvgIpc) is 2.76. The molecule has 0 unspecified atom stereocenters. The maximum absolute atomic E-state index is 12.0. The Balaban J connectivity index is 1.41. The minimum Gasteiger partial charge on any atom is -0.497 e. The van der Waals surface area contributed by atoms with Crippen LogP contribution < -0.4 is 15.1 Å². The Kier molecular flexibility index (Phi) is 6.35. The van der Waals surface area contributed by atoms with Crippen molar-refractivity contribution < 1.29 is 13.9 Å². The molecule has 158 valence electrons. The molecule has 0 atom stereocenters. The van der Waals surface area contributed by atoms with Crippen molar-refractivity contribution in [1.29, 1.82) is 0 Å². The molecule has 4 rings (SSSR count). The third kappa shape index (κ3) is 4.83. The maximum atomic E-state index is 12.0. The summed E-state index contributed by atoms with van der Waals surface area (Å²) in [6.07, 6.45) is 0. The lowest BCUT2D eigenvalue weighted by molar-refractivity contribution is 0.122. The first-order valence-corrected chi connectivity index (χ1v) is 10.4. The Morgan fingerprint density at radius 1 is 0.900 bits per heavy atom. The smallest absolute Gasteiger partial charge is 0.336 e. The van der Waals surface area contributed by atoms with Crippen LogP contribution in [0.2, 0.25) is 0 Å². The summed E-state index contributed by atoms with van der Waals surface area (Å²) >= 11 is 0. The van der Waals surface area contributed by atoms with Crippen molar-refractivity contribution >= 4 is 11.0 Å². The highest BCUT2D eigenvalue weighted by atomic mass is 16.5. The first kappa shape index (κ1) is 20.4. The van der Waals surface area contributed by atoms with Crippen molar-refractivity contribution in [3.8, 4) is 11.5 Å². The number of nitrogens with zero attached hydrogens (tertiary/aromatic N) is 2. The van der Waals surface area contributed by atoms with Gasteiger partial charge in [-0.1, -0.05) is 12.1 Å². The molecule has 0 saturated carbocycles. The first-order valence-electron chi connectivity index (χ1n) is 10.4. The molecular formula is C24H28N2O4.